The fraction of sp³-hybridized carbons (Fsp3) is 0.250. The van der Waals surface area contributed by atoms with Gasteiger partial charge in [-0.3, -0.25) is 9.78 Å². The molecule has 3 rings (SSSR count). The number of aromatic nitrogens is 1. The first-order valence-electron chi connectivity index (χ1n) is 8.31. The Morgan fingerprint density at radius 1 is 1.28 bits per heavy atom. The van der Waals surface area contributed by atoms with Gasteiger partial charge >= 0.3 is 0 Å². The highest BCUT2D eigenvalue weighted by Crippen LogP contribution is 2.32. The Hall–Kier alpha value is -3.13. The summed E-state index contributed by atoms with van der Waals surface area (Å²) in [5.41, 5.74) is 3.74. The number of nitrogens with zero attached hydrogens (tertiary/aromatic N) is 2. The predicted molar refractivity (Wildman–Crippen MR) is 94.4 cm³/mol. The Labute approximate surface area is 146 Å². The van der Waals surface area contributed by atoms with E-state index in [-0.39, 0.29) is 5.57 Å². The van der Waals surface area contributed by atoms with E-state index in [1.54, 1.807) is 36.7 Å². The van der Waals surface area contributed by atoms with Gasteiger partial charge in [-0.05, 0) is 66.1 Å². The molecule has 1 heterocycles. The zero-order chi connectivity index (χ0) is 17.6. The van der Waals surface area contributed by atoms with Crippen LogP contribution in [0.3, 0.4) is 0 Å². The number of benzene rings is 1. The maximum atomic E-state index is 12.3. The van der Waals surface area contributed by atoms with Gasteiger partial charge in [0, 0.05) is 18.9 Å². The molecule has 1 aliphatic rings. The fourth-order valence-corrected chi connectivity index (χ4v) is 3.10. The van der Waals surface area contributed by atoms with Crippen molar-refractivity contribution < 1.29 is 9.90 Å². The number of nitrogens with one attached hydrogen (secondary N) is 1. The molecule has 1 aromatic carbocycles. The molecule has 0 fully saturated rings. The third-order valence-corrected chi connectivity index (χ3v) is 4.39. The molecule has 0 atom stereocenters. The molecule has 1 aromatic heterocycles. The molecular weight excluding hydrogens is 314 g/mol. The van der Waals surface area contributed by atoms with Gasteiger partial charge in [-0.15, -0.1) is 0 Å². The van der Waals surface area contributed by atoms with E-state index in [0.717, 1.165) is 47.9 Å². The largest absolute Gasteiger partial charge is 0.508 e. The van der Waals surface area contributed by atoms with Crippen LogP contribution in [0.25, 0.3) is 6.08 Å². The molecule has 0 unspecified atom stereocenters. The van der Waals surface area contributed by atoms with Crippen molar-refractivity contribution in [1.29, 1.82) is 5.26 Å². The van der Waals surface area contributed by atoms with Crippen molar-refractivity contribution in [2.45, 2.75) is 32.2 Å². The molecule has 5 nitrogen and oxygen atoms in total. The summed E-state index contributed by atoms with van der Waals surface area (Å²) in [6.45, 7) is 0.319. The lowest BCUT2D eigenvalue weighted by molar-refractivity contribution is -0.117. The van der Waals surface area contributed by atoms with Gasteiger partial charge in [0.05, 0.1) is 0 Å². The van der Waals surface area contributed by atoms with E-state index in [1.165, 1.54) is 0 Å². The summed E-state index contributed by atoms with van der Waals surface area (Å²) in [4.78, 5) is 16.3. The zero-order valence-corrected chi connectivity index (χ0v) is 13.8. The van der Waals surface area contributed by atoms with Gasteiger partial charge < -0.3 is 10.4 Å². The van der Waals surface area contributed by atoms with Crippen molar-refractivity contribution in [2.24, 2.45) is 0 Å². The number of carbonyl (C=O) groups excluding carboxylic acids is 1. The minimum atomic E-state index is -0.413. The number of phenolic OH excluding ortho intramolecular Hbond substituents is 1. The van der Waals surface area contributed by atoms with E-state index in [4.69, 9.17) is 0 Å². The Kier molecular flexibility index (Phi) is 5.10. The molecule has 2 N–H and O–H groups in total. The third kappa shape index (κ3) is 3.86. The maximum absolute atomic E-state index is 12.3. The zero-order valence-electron chi connectivity index (χ0n) is 13.8. The summed E-state index contributed by atoms with van der Waals surface area (Å²) in [5.74, 6) is -0.115. The molecule has 0 aliphatic heterocycles. The van der Waals surface area contributed by atoms with E-state index >= 15 is 0 Å². The average Bonchev–Trinajstić information content (AvgIpc) is 2.67. The fourth-order valence-electron chi connectivity index (χ4n) is 3.10. The van der Waals surface area contributed by atoms with Crippen molar-refractivity contribution in [1.82, 2.24) is 10.3 Å². The number of rotatable bonds is 4. The summed E-state index contributed by atoms with van der Waals surface area (Å²) in [6.07, 6.45) is 8.73. The highest BCUT2D eigenvalue weighted by atomic mass is 16.3. The Morgan fingerprint density at radius 3 is 2.80 bits per heavy atom. The normalized spacial score (nSPS) is 13.6. The number of phenols is 1. The molecular formula is C20H19N3O2. The van der Waals surface area contributed by atoms with Crippen LogP contribution < -0.4 is 5.32 Å². The van der Waals surface area contributed by atoms with Gasteiger partial charge in [-0.2, -0.15) is 5.26 Å². The topological polar surface area (TPSA) is 86.0 Å². The second-order valence-electron chi connectivity index (χ2n) is 6.05. The minimum absolute atomic E-state index is 0.0577. The highest BCUT2D eigenvalue weighted by molar-refractivity contribution is 6.01. The van der Waals surface area contributed by atoms with Crippen LogP contribution in [-0.4, -0.2) is 16.0 Å². The highest BCUT2D eigenvalue weighted by Gasteiger charge is 2.17. The van der Waals surface area contributed by atoms with Crippen LogP contribution in [0.15, 0.2) is 42.2 Å². The Morgan fingerprint density at radius 2 is 2.08 bits per heavy atom. The molecule has 1 aliphatic carbocycles. The summed E-state index contributed by atoms with van der Waals surface area (Å²) in [7, 11) is 0. The molecule has 25 heavy (non-hydrogen) atoms. The van der Waals surface area contributed by atoms with Crippen LogP contribution in [0.4, 0.5) is 0 Å². The summed E-state index contributed by atoms with van der Waals surface area (Å²) in [5, 5.41) is 22.1. The van der Waals surface area contributed by atoms with Gasteiger partial charge in [-0.1, -0.05) is 12.1 Å². The standard InChI is InChI=1S/C20H19N3O2/c21-11-16(20(25)23-13-14-4-3-9-22-12-14)10-15-7-8-19(24)18-6-2-1-5-17(15)18/h3-4,7-10,12,24H,1-2,5-6,13H2,(H,23,25). The quantitative estimate of drug-likeness (QED) is 0.665. The smallest absolute Gasteiger partial charge is 0.262 e. The number of pyridine rings is 1. The molecule has 0 spiro atoms. The van der Waals surface area contributed by atoms with Crippen LogP contribution in [0.2, 0.25) is 0 Å². The molecule has 0 bridgehead atoms. The van der Waals surface area contributed by atoms with Crippen LogP contribution >= 0.6 is 0 Å². The van der Waals surface area contributed by atoms with Gasteiger partial charge in [-0.25, -0.2) is 0 Å². The van der Waals surface area contributed by atoms with E-state index in [1.807, 2.05) is 12.1 Å². The van der Waals surface area contributed by atoms with Crippen molar-refractivity contribution in [3.05, 3.63) is 64.5 Å². The summed E-state index contributed by atoms with van der Waals surface area (Å²) < 4.78 is 0. The number of fused-ring (bicyclic) bond motifs is 1. The SMILES string of the molecule is N#CC(=Cc1ccc(O)c2c1CCCC2)C(=O)NCc1cccnc1. The number of amides is 1. The lowest BCUT2D eigenvalue weighted by atomic mass is 9.87. The first-order chi connectivity index (χ1) is 12.2. The van der Waals surface area contributed by atoms with Gasteiger partial charge in [0.25, 0.3) is 5.91 Å². The monoisotopic (exact) mass is 333 g/mol. The summed E-state index contributed by atoms with van der Waals surface area (Å²) >= 11 is 0. The number of nitriles is 1. The van der Waals surface area contributed by atoms with Crippen LogP contribution in [-0.2, 0) is 24.2 Å². The van der Waals surface area contributed by atoms with E-state index in [2.05, 4.69) is 10.3 Å². The minimum Gasteiger partial charge on any atom is -0.508 e. The van der Waals surface area contributed by atoms with Gasteiger partial charge in [0.1, 0.15) is 17.4 Å². The first-order valence-corrected chi connectivity index (χ1v) is 8.31. The van der Waals surface area contributed by atoms with Crippen LogP contribution in [0, 0.1) is 11.3 Å². The van der Waals surface area contributed by atoms with E-state index in [0.29, 0.717) is 12.3 Å². The van der Waals surface area contributed by atoms with E-state index < -0.39 is 5.91 Å². The number of hydrogen-bond acceptors (Lipinski definition) is 4. The number of hydrogen-bond donors (Lipinski definition) is 2. The molecule has 0 saturated carbocycles. The van der Waals surface area contributed by atoms with Gasteiger partial charge in [0.2, 0.25) is 0 Å². The lowest BCUT2D eigenvalue weighted by Crippen LogP contribution is -2.24. The van der Waals surface area contributed by atoms with Crippen molar-refractivity contribution in [2.75, 3.05) is 0 Å². The second-order valence-corrected chi connectivity index (χ2v) is 6.05. The molecule has 0 radical (unpaired) electrons. The molecule has 126 valence electrons. The predicted octanol–water partition coefficient (Wildman–Crippen LogP) is 2.89. The van der Waals surface area contributed by atoms with Crippen molar-refractivity contribution in [3.63, 3.8) is 0 Å². The second kappa shape index (κ2) is 7.63. The van der Waals surface area contributed by atoms with Crippen molar-refractivity contribution >= 4 is 12.0 Å². The Balaban J connectivity index is 1.81. The number of carbonyl (C=O) groups is 1. The summed E-state index contributed by atoms with van der Waals surface area (Å²) in [6, 6.07) is 9.04. The maximum Gasteiger partial charge on any atom is 0.262 e. The lowest BCUT2D eigenvalue weighted by Gasteiger charge is -2.19. The van der Waals surface area contributed by atoms with E-state index in [9.17, 15) is 15.2 Å². The molecule has 2 aromatic rings. The molecule has 1 amide bonds. The Bertz CT molecular complexity index is 851. The van der Waals surface area contributed by atoms with Crippen LogP contribution in [0.5, 0.6) is 5.75 Å². The van der Waals surface area contributed by atoms with Gasteiger partial charge in [0.15, 0.2) is 0 Å². The average molecular weight is 333 g/mol. The first kappa shape index (κ1) is 16.7. The van der Waals surface area contributed by atoms with Crippen LogP contribution in [0.1, 0.15) is 35.1 Å². The molecule has 0 saturated heterocycles. The third-order valence-electron chi connectivity index (χ3n) is 4.39. The van der Waals surface area contributed by atoms with Crippen molar-refractivity contribution in [3.8, 4) is 11.8 Å². The number of aromatic hydroxyl groups is 1. The molecule has 5 heteroatoms.